The van der Waals surface area contributed by atoms with Gasteiger partial charge in [0.25, 0.3) is 0 Å². The molecule has 0 spiro atoms. The van der Waals surface area contributed by atoms with Crippen molar-refractivity contribution >= 4 is 0 Å². The molecule has 5 heteroatoms. The first-order valence-electron chi connectivity index (χ1n) is 3.16. The molecule has 66 valence electrons. The van der Waals surface area contributed by atoms with Crippen LogP contribution in [0.25, 0.3) is 0 Å². The molecule has 1 aromatic carbocycles. The SMILES string of the molecule is ONCc1ccc(F)c(F)c1F. The lowest BCUT2D eigenvalue weighted by Gasteiger charge is -2.02. The maximum absolute atomic E-state index is 12.7. The van der Waals surface area contributed by atoms with Crippen molar-refractivity contribution in [2.45, 2.75) is 6.54 Å². The van der Waals surface area contributed by atoms with Gasteiger partial charge in [-0.15, -0.1) is 0 Å². The van der Waals surface area contributed by atoms with Crippen molar-refractivity contribution in [1.29, 1.82) is 0 Å². The van der Waals surface area contributed by atoms with Crippen LogP contribution < -0.4 is 5.48 Å². The lowest BCUT2D eigenvalue weighted by atomic mass is 10.2. The fourth-order valence-electron chi connectivity index (χ4n) is 0.788. The Morgan fingerprint density at radius 3 is 2.42 bits per heavy atom. The molecule has 0 heterocycles. The highest BCUT2D eigenvalue weighted by molar-refractivity contribution is 5.19. The lowest BCUT2D eigenvalue weighted by Crippen LogP contribution is -2.09. The molecule has 0 saturated heterocycles. The summed E-state index contributed by atoms with van der Waals surface area (Å²) in [5.41, 5.74) is 1.51. The summed E-state index contributed by atoms with van der Waals surface area (Å²) >= 11 is 0. The molecule has 0 radical (unpaired) electrons. The number of halogens is 3. The van der Waals surface area contributed by atoms with Gasteiger partial charge in [-0.05, 0) is 6.07 Å². The van der Waals surface area contributed by atoms with E-state index in [1.165, 1.54) is 0 Å². The Balaban J connectivity index is 3.08. The zero-order valence-corrected chi connectivity index (χ0v) is 5.94. The smallest absolute Gasteiger partial charge is 0.194 e. The fraction of sp³-hybridized carbons (Fsp3) is 0.143. The first-order valence-corrected chi connectivity index (χ1v) is 3.16. The number of hydrogen-bond donors (Lipinski definition) is 2. The van der Waals surface area contributed by atoms with E-state index in [1.807, 2.05) is 0 Å². The molecule has 0 aliphatic carbocycles. The van der Waals surface area contributed by atoms with Crippen LogP contribution in [0.1, 0.15) is 5.56 Å². The van der Waals surface area contributed by atoms with Crippen molar-refractivity contribution in [3.8, 4) is 0 Å². The molecule has 0 fully saturated rings. The minimum atomic E-state index is -1.53. The summed E-state index contributed by atoms with van der Waals surface area (Å²) < 4.78 is 37.4. The van der Waals surface area contributed by atoms with Crippen LogP contribution in [0.5, 0.6) is 0 Å². The van der Waals surface area contributed by atoms with Crippen LogP contribution in [0.2, 0.25) is 0 Å². The van der Waals surface area contributed by atoms with Crippen LogP contribution in [0, 0.1) is 17.5 Å². The highest BCUT2D eigenvalue weighted by Gasteiger charge is 2.12. The Hall–Kier alpha value is -1.07. The van der Waals surface area contributed by atoms with Crippen molar-refractivity contribution in [1.82, 2.24) is 5.48 Å². The number of nitrogens with one attached hydrogen (secondary N) is 1. The highest BCUT2D eigenvalue weighted by Crippen LogP contribution is 2.14. The van der Waals surface area contributed by atoms with E-state index in [1.54, 1.807) is 5.48 Å². The van der Waals surface area contributed by atoms with Crippen LogP contribution in [0.3, 0.4) is 0 Å². The van der Waals surface area contributed by atoms with Gasteiger partial charge in [-0.1, -0.05) is 6.07 Å². The van der Waals surface area contributed by atoms with Gasteiger partial charge < -0.3 is 5.21 Å². The third kappa shape index (κ3) is 1.57. The van der Waals surface area contributed by atoms with E-state index in [0.717, 1.165) is 12.1 Å². The molecule has 0 amide bonds. The Kier molecular flexibility index (Phi) is 2.67. The summed E-state index contributed by atoms with van der Waals surface area (Å²) in [7, 11) is 0. The number of hydrogen-bond acceptors (Lipinski definition) is 2. The molecule has 2 nitrogen and oxygen atoms in total. The average Bonchev–Trinajstić information content (AvgIpc) is 2.07. The van der Waals surface area contributed by atoms with Gasteiger partial charge in [0.15, 0.2) is 17.5 Å². The Morgan fingerprint density at radius 2 is 1.83 bits per heavy atom. The minimum Gasteiger partial charge on any atom is -0.316 e. The summed E-state index contributed by atoms with van der Waals surface area (Å²) in [5, 5.41) is 8.17. The quantitative estimate of drug-likeness (QED) is 0.531. The molecule has 0 aliphatic rings. The maximum atomic E-state index is 12.7. The Labute approximate surface area is 66.6 Å². The van der Waals surface area contributed by atoms with E-state index in [0.29, 0.717) is 0 Å². The van der Waals surface area contributed by atoms with Crippen LogP contribution >= 0.6 is 0 Å². The van der Waals surface area contributed by atoms with Gasteiger partial charge in [0.2, 0.25) is 0 Å². The monoisotopic (exact) mass is 177 g/mol. The van der Waals surface area contributed by atoms with Crippen molar-refractivity contribution in [3.63, 3.8) is 0 Å². The summed E-state index contributed by atoms with van der Waals surface area (Å²) in [5.74, 6) is -4.05. The molecule has 2 N–H and O–H groups in total. The van der Waals surface area contributed by atoms with Gasteiger partial charge >= 0.3 is 0 Å². The summed E-state index contributed by atoms with van der Waals surface area (Å²) in [4.78, 5) is 0. The fourth-order valence-corrected chi connectivity index (χ4v) is 0.788. The maximum Gasteiger partial charge on any atom is 0.194 e. The van der Waals surface area contributed by atoms with Gasteiger partial charge in [-0.3, -0.25) is 0 Å². The van der Waals surface area contributed by atoms with Gasteiger partial charge in [0, 0.05) is 12.1 Å². The van der Waals surface area contributed by atoms with Gasteiger partial charge in [-0.25, -0.2) is 18.7 Å². The number of benzene rings is 1. The van der Waals surface area contributed by atoms with Crippen LogP contribution in [0.4, 0.5) is 13.2 Å². The van der Waals surface area contributed by atoms with Crippen molar-refractivity contribution in [2.24, 2.45) is 0 Å². The molecule has 0 saturated carbocycles. The summed E-state index contributed by atoms with van der Waals surface area (Å²) in [6.07, 6.45) is 0. The molecule has 1 aromatic rings. The van der Waals surface area contributed by atoms with E-state index >= 15 is 0 Å². The van der Waals surface area contributed by atoms with Gasteiger partial charge in [0.05, 0.1) is 0 Å². The summed E-state index contributed by atoms with van der Waals surface area (Å²) in [6.45, 7) is -0.261. The molecule has 12 heavy (non-hydrogen) atoms. The minimum absolute atomic E-state index is 0.128. The Morgan fingerprint density at radius 1 is 1.17 bits per heavy atom. The van der Waals surface area contributed by atoms with Gasteiger partial charge in [-0.2, -0.15) is 0 Å². The second kappa shape index (κ2) is 3.55. The largest absolute Gasteiger partial charge is 0.316 e. The molecule has 0 bridgehead atoms. The predicted octanol–water partition coefficient (Wildman–Crippen LogP) is 1.58. The first-order chi connectivity index (χ1) is 5.66. The standard InChI is InChI=1S/C7H6F3NO/c8-5-2-1-4(3-11-12)6(9)7(5)10/h1-2,11-12H,3H2. The van der Waals surface area contributed by atoms with Crippen LogP contribution in [-0.2, 0) is 6.54 Å². The molecular formula is C7H6F3NO. The third-order valence-electron chi connectivity index (χ3n) is 1.38. The van der Waals surface area contributed by atoms with Crippen molar-refractivity contribution in [3.05, 3.63) is 35.1 Å². The summed E-state index contributed by atoms with van der Waals surface area (Å²) in [6, 6.07) is 1.85. The first kappa shape index (κ1) is 9.02. The Bertz CT molecular complexity index is 290. The highest BCUT2D eigenvalue weighted by atomic mass is 19.2. The number of hydroxylamine groups is 1. The van der Waals surface area contributed by atoms with Gasteiger partial charge in [0.1, 0.15) is 0 Å². The normalized spacial score (nSPS) is 10.3. The molecule has 0 aliphatic heterocycles. The van der Waals surface area contributed by atoms with Crippen LogP contribution in [-0.4, -0.2) is 5.21 Å². The predicted molar refractivity (Wildman–Crippen MR) is 34.9 cm³/mol. The zero-order valence-electron chi connectivity index (χ0n) is 5.94. The van der Waals surface area contributed by atoms with Crippen molar-refractivity contribution < 1.29 is 18.4 Å². The molecule has 0 unspecified atom stereocenters. The average molecular weight is 177 g/mol. The molecule has 0 atom stereocenters. The van der Waals surface area contributed by atoms with E-state index in [2.05, 4.69) is 0 Å². The lowest BCUT2D eigenvalue weighted by molar-refractivity contribution is 0.159. The molecular weight excluding hydrogens is 171 g/mol. The molecule has 1 rings (SSSR count). The zero-order chi connectivity index (χ0) is 9.14. The topological polar surface area (TPSA) is 32.3 Å². The van der Waals surface area contributed by atoms with E-state index in [-0.39, 0.29) is 12.1 Å². The van der Waals surface area contributed by atoms with E-state index in [9.17, 15) is 13.2 Å². The van der Waals surface area contributed by atoms with Crippen LogP contribution in [0.15, 0.2) is 12.1 Å². The van der Waals surface area contributed by atoms with Crippen molar-refractivity contribution in [2.75, 3.05) is 0 Å². The second-order valence-electron chi connectivity index (χ2n) is 2.17. The second-order valence-corrected chi connectivity index (χ2v) is 2.17. The number of rotatable bonds is 2. The molecule has 0 aromatic heterocycles. The van der Waals surface area contributed by atoms with E-state index < -0.39 is 17.5 Å². The van der Waals surface area contributed by atoms with E-state index in [4.69, 9.17) is 5.21 Å². The third-order valence-corrected chi connectivity index (χ3v) is 1.38.